The maximum atomic E-state index is 12.0. The lowest BCUT2D eigenvalue weighted by Gasteiger charge is -2.12. The van der Waals surface area contributed by atoms with Gasteiger partial charge in [0.05, 0.1) is 5.69 Å². The van der Waals surface area contributed by atoms with Crippen molar-refractivity contribution in [2.45, 2.75) is 20.0 Å². The Morgan fingerprint density at radius 3 is 2.43 bits per heavy atom. The second kappa shape index (κ2) is 6.73. The maximum Gasteiger partial charge on any atom is 0.377 e. The van der Waals surface area contributed by atoms with Gasteiger partial charge in [-0.25, -0.2) is 4.79 Å². The third kappa shape index (κ3) is 4.16. The lowest BCUT2D eigenvalue weighted by atomic mass is 10.2. The molecule has 2 rings (SSSR count). The van der Waals surface area contributed by atoms with Crippen molar-refractivity contribution in [3.8, 4) is 0 Å². The van der Waals surface area contributed by atoms with Gasteiger partial charge in [-0.15, -0.1) is 0 Å². The van der Waals surface area contributed by atoms with E-state index in [0.717, 1.165) is 0 Å². The van der Waals surface area contributed by atoms with Crippen molar-refractivity contribution in [2.24, 2.45) is 5.73 Å². The molecule has 23 heavy (non-hydrogen) atoms. The third-order valence-corrected chi connectivity index (χ3v) is 2.92. The van der Waals surface area contributed by atoms with Gasteiger partial charge in [-0.1, -0.05) is 5.16 Å². The number of nitrogens with one attached hydrogen (secondary N) is 1. The van der Waals surface area contributed by atoms with Crippen LogP contribution in [0, 0.1) is 6.92 Å². The smallest absolute Gasteiger partial charge is 0.377 e. The van der Waals surface area contributed by atoms with Crippen LogP contribution in [0.1, 0.15) is 33.5 Å². The number of esters is 1. The van der Waals surface area contributed by atoms with Gasteiger partial charge < -0.3 is 20.3 Å². The zero-order chi connectivity index (χ0) is 17.0. The first-order valence-electron chi connectivity index (χ1n) is 6.72. The van der Waals surface area contributed by atoms with Crippen molar-refractivity contribution in [3.63, 3.8) is 0 Å². The van der Waals surface area contributed by atoms with Crippen molar-refractivity contribution in [3.05, 3.63) is 47.3 Å². The lowest BCUT2D eigenvalue weighted by molar-refractivity contribution is -0.123. The topological polar surface area (TPSA) is 125 Å². The molecule has 1 aromatic heterocycles. The molecule has 1 aromatic carbocycles. The molecule has 0 radical (unpaired) electrons. The van der Waals surface area contributed by atoms with E-state index in [1.807, 2.05) is 0 Å². The van der Waals surface area contributed by atoms with E-state index < -0.39 is 23.9 Å². The number of nitrogens with two attached hydrogens (primary N) is 1. The van der Waals surface area contributed by atoms with E-state index in [2.05, 4.69) is 10.5 Å². The zero-order valence-corrected chi connectivity index (χ0v) is 12.5. The molecular weight excluding hydrogens is 302 g/mol. The van der Waals surface area contributed by atoms with Crippen molar-refractivity contribution in [1.82, 2.24) is 5.16 Å². The van der Waals surface area contributed by atoms with E-state index >= 15 is 0 Å². The number of hydrogen-bond acceptors (Lipinski definition) is 6. The molecule has 0 aliphatic carbocycles. The number of aromatic nitrogens is 1. The first-order valence-corrected chi connectivity index (χ1v) is 6.72. The second-order valence-electron chi connectivity index (χ2n) is 4.81. The Kier molecular flexibility index (Phi) is 4.75. The van der Waals surface area contributed by atoms with E-state index in [0.29, 0.717) is 16.9 Å². The highest BCUT2D eigenvalue weighted by Crippen LogP contribution is 2.11. The molecule has 120 valence electrons. The molecule has 8 heteroatoms. The standard InChI is InChI=1S/C15H15N3O5/c1-8-7-12(23-18-8)15(21)22-9(2)14(20)17-11-5-3-10(4-6-11)13(16)19/h3-7,9H,1-2H3,(H2,16,19)(H,17,20)/t9-/m1/s1. The average molecular weight is 317 g/mol. The van der Waals surface area contributed by atoms with Crippen LogP contribution >= 0.6 is 0 Å². The number of aryl methyl sites for hydroxylation is 1. The van der Waals surface area contributed by atoms with Gasteiger partial charge in [-0.2, -0.15) is 0 Å². The minimum Gasteiger partial charge on any atom is -0.447 e. The minimum atomic E-state index is -1.04. The lowest BCUT2D eigenvalue weighted by Crippen LogP contribution is -2.29. The molecule has 1 heterocycles. The normalized spacial score (nSPS) is 11.6. The molecule has 8 nitrogen and oxygen atoms in total. The van der Waals surface area contributed by atoms with Gasteiger partial charge in [-0.3, -0.25) is 9.59 Å². The minimum absolute atomic E-state index is 0.0760. The number of hydrogen-bond donors (Lipinski definition) is 2. The molecule has 0 saturated heterocycles. The molecule has 1 atom stereocenters. The van der Waals surface area contributed by atoms with Gasteiger partial charge in [0.15, 0.2) is 6.10 Å². The van der Waals surface area contributed by atoms with Crippen molar-refractivity contribution < 1.29 is 23.6 Å². The summed E-state index contributed by atoms with van der Waals surface area (Å²) in [6, 6.07) is 7.41. The monoisotopic (exact) mass is 317 g/mol. The molecule has 0 aliphatic rings. The van der Waals surface area contributed by atoms with Crippen LogP contribution in [0.25, 0.3) is 0 Å². The Morgan fingerprint density at radius 1 is 1.26 bits per heavy atom. The maximum absolute atomic E-state index is 12.0. The van der Waals surface area contributed by atoms with Crippen molar-refractivity contribution in [1.29, 1.82) is 0 Å². The summed E-state index contributed by atoms with van der Waals surface area (Å²) in [7, 11) is 0. The van der Waals surface area contributed by atoms with Gasteiger partial charge in [0.2, 0.25) is 11.7 Å². The predicted molar refractivity (Wildman–Crippen MR) is 79.7 cm³/mol. The van der Waals surface area contributed by atoms with Crippen LogP contribution in [-0.4, -0.2) is 29.0 Å². The molecule has 2 amide bonds. The van der Waals surface area contributed by atoms with Gasteiger partial charge in [0, 0.05) is 17.3 Å². The fourth-order valence-electron chi connectivity index (χ4n) is 1.69. The van der Waals surface area contributed by atoms with Gasteiger partial charge in [0.25, 0.3) is 5.91 Å². The van der Waals surface area contributed by atoms with E-state index in [4.69, 9.17) is 15.0 Å². The van der Waals surface area contributed by atoms with E-state index in [-0.39, 0.29) is 5.76 Å². The largest absolute Gasteiger partial charge is 0.447 e. The summed E-state index contributed by atoms with van der Waals surface area (Å²) in [4.78, 5) is 34.7. The van der Waals surface area contributed by atoms with E-state index in [9.17, 15) is 14.4 Å². The number of amides is 2. The van der Waals surface area contributed by atoms with Crippen LogP contribution in [0.15, 0.2) is 34.9 Å². The fourth-order valence-corrected chi connectivity index (χ4v) is 1.69. The average Bonchev–Trinajstić information content (AvgIpc) is 2.94. The van der Waals surface area contributed by atoms with E-state index in [1.165, 1.54) is 37.3 Å². The first kappa shape index (κ1) is 16.2. The summed E-state index contributed by atoms with van der Waals surface area (Å²) >= 11 is 0. The number of nitrogens with zero attached hydrogens (tertiary/aromatic N) is 1. The highest BCUT2D eigenvalue weighted by molar-refractivity contribution is 5.97. The Hall–Kier alpha value is -3.16. The van der Waals surface area contributed by atoms with Crippen LogP contribution in [0.5, 0.6) is 0 Å². The highest BCUT2D eigenvalue weighted by Gasteiger charge is 2.21. The number of primary amides is 1. The molecular formula is C15H15N3O5. The Bertz CT molecular complexity index is 736. The van der Waals surface area contributed by atoms with Gasteiger partial charge >= 0.3 is 5.97 Å². The summed E-state index contributed by atoms with van der Waals surface area (Å²) in [5.41, 5.74) is 6.42. The summed E-state index contributed by atoms with van der Waals surface area (Å²) in [6.45, 7) is 3.08. The molecule has 0 aliphatic heterocycles. The Morgan fingerprint density at radius 2 is 1.91 bits per heavy atom. The molecule has 0 bridgehead atoms. The second-order valence-corrected chi connectivity index (χ2v) is 4.81. The molecule has 2 aromatic rings. The number of benzene rings is 1. The molecule has 3 N–H and O–H groups in total. The van der Waals surface area contributed by atoms with Crippen LogP contribution < -0.4 is 11.1 Å². The molecule has 0 unspecified atom stereocenters. The summed E-state index contributed by atoms with van der Waals surface area (Å²) in [5, 5.41) is 6.12. The molecule has 0 fully saturated rings. The Balaban J connectivity index is 1.94. The van der Waals surface area contributed by atoms with Crippen LogP contribution in [0.3, 0.4) is 0 Å². The number of rotatable bonds is 5. The van der Waals surface area contributed by atoms with E-state index in [1.54, 1.807) is 6.92 Å². The zero-order valence-electron chi connectivity index (χ0n) is 12.5. The number of carbonyl (C=O) groups excluding carboxylic acids is 3. The molecule has 0 spiro atoms. The predicted octanol–water partition coefficient (Wildman–Crippen LogP) is 1.27. The summed E-state index contributed by atoms with van der Waals surface area (Å²) < 4.78 is 9.75. The van der Waals surface area contributed by atoms with Crippen LogP contribution in [-0.2, 0) is 9.53 Å². The number of ether oxygens (including phenoxy) is 1. The SMILES string of the molecule is Cc1cc(C(=O)O[C@H](C)C(=O)Nc2ccc(C(N)=O)cc2)on1. The first-order chi connectivity index (χ1) is 10.9. The third-order valence-electron chi connectivity index (χ3n) is 2.92. The van der Waals surface area contributed by atoms with Gasteiger partial charge in [-0.05, 0) is 38.1 Å². The quantitative estimate of drug-likeness (QED) is 0.800. The van der Waals surface area contributed by atoms with Gasteiger partial charge in [0.1, 0.15) is 0 Å². The van der Waals surface area contributed by atoms with Crippen molar-refractivity contribution in [2.75, 3.05) is 5.32 Å². The fraction of sp³-hybridized carbons (Fsp3) is 0.200. The molecule has 0 saturated carbocycles. The number of carbonyl (C=O) groups is 3. The van der Waals surface area contributed by atoms with Crippen molar-refractivity contribution >= 4 is 23.5 Å². The van der Waals surface area contributed by atoms with Crippen LogP contribution in [0.4, 0.5) is 5.69 Å². The highest BCUT2D eigenvalue weighted by atomic mass is 16.6. The Labute approximate surface area is 131 Å². The number of anilines is 1. The van der Waals surface area contributed by atoms with Crippen LogP contribution in [0.2, 0.25) is 0 Å². The summed E-state index contributed by atoms with van der Waals surface area (Å²) in [6.07, 6.45) is -1.04. The summed E-state index contributed by atoms with van der Waals surface area (Å²) in [5.74, 6) is -1.95.